The van der Waals surface area contributed by atoms with Crippen LogP contribution >= 0.6 is 0 Å². The Bertz CT molecular complexity index is 561. The minimum absolute atomic E-state index is 0.0100. The minimum Gasteiger partial charge on any atom is -0.399 e. The Morgan fingerprint density at radius 2 is 1.89 bits per heavy atom. The van der Waals surface area contributed by atoms with Gasteiger partial charge in [0, 0.05) is 25.9 Å². The van der Waals surface area contributed by atoms with Crippen molar-refractivity contribution < 1.29 is 13.2 Å². The van der Waals surface area contributed by atoms with Crippen LogP contribution in [0.3, 0.4) is 0 Å². The highest BCUT2D eigenvalue weighted by molar-refractivity contribution is 7.89. The molecule has 0 aromatic heterocycles. The molecule has 0 bridgehead atoms. The van der Waals surface area contributed by atoms with E-state index >= 15 is 0 Å². The Morgan fingerprint density at radius 1 is 1.32 bits per heavy atom. The summed E-state index contributed by atoms with van der Waals surface area (Å²) in [6.45, 7) is 4.48. The molecule has 1 aliphatic rings. The van der Waals surface area contributed by atoms with Crippen molar-refractivity contribution in [2.24, 2.45) is 0 Å². The largest absolute Gasteiger partial charge is 0.399 e. The molecule has 0 aliphatic carbocycles. The molecule has 1 aliphatic heterocycles. The molecular weight excluding hydrogens is 264 g/mol. The monoisotopic (exact) mass is 284 g/mol. The summed E-state index contributed by atoms with van der Waals surface area (Å²) in [5.74, 6) is 0. The number of hydrogen-bond acceptors (Lipinski definition) is 4. The van der Waals surface area contributed by atoms with Crippen LogP contribution in [0.4, 0.5) is 5.69 Å². The fraction of sp³-hybridized carbons (Fsp3) is 0.538. The van der Waals surface area contributed by atoms with Gasteiger partial charge in [-0.25, -0.2) is 8.42 Å². The molecule has 0 spiro atoms. The van der Waals surface area contributed by atoms with E-state index in [1.54, 1.807) is 33.1 Å². The van der Waals surface area contributed by atoms with Crippen molar-refractivity contribution in [3.8, 4) is 0 Å². The van der Waals surface area contributed by atoms with Gasteiger partial charge in [0.05, 0.1) is 11.0 Å². The van der Waals surface area contributed by atoms with Crippen molar-refractivity contribution in [3.05, 3.63) is 23.3 Å². The molecule has 1 aromatic carbocycles. The molecule has 19 heavy (non-hydrogen) atoms. The standard InChI is InChI=1S/C13H20N2O3S/c1-9-6-11(14)7-10(2)13(9)19(16,17)15-5-4-12(8-15)18-3/h6-7,12H,4-5,8,14H2,1-3H3. The third kappa shape index (κ3) is 2.61. The summed E-state index contributed by atoms with van der Waals surface area (Å²) in [7, 11) is -1.85. The van der Waals surface area contributed by atoms with Crippen molar-refractivity contribution in [2.75, 3.05) is 25.9 Å². The van der Waals surface area contributed by atoms with Crippen molar-refractivity contribution in [3.63, 3.8) is 0 Å². The van der Waals surface area contributed by atoms with Gasteiger partial charge < -0.3 is 10.5 Å². The number of hydrogen-bond donors (Lipinski definition) is 1. The first-order chi connectivity index (χ1) is 8.86. The van der Waals surface area contributed by atoms with E-state index in [0.717, 1.165) is 6.42 Å². The number of rotatable bonds is 3. The van der Waals surface area contributed by atoms with Gasteiger partial charge in [-0.3, -0.25) is 0 Å². The summed E-state index contributed by atoms with van der Waals surface area (Å²) in [6, 6.07) is 3.40. The van der Waals surface area contributed by atoms with E-state index in [1.165, 1.54) is 4.31 Å². The highest BCUT2D eigenvalue weighted by atomic mass is 32.2. The lowest BCUT2D eigenvalue weighted by Gasteiger charge is -2.19. The summed E-state index contributed by atoms with van der Waals surface area (Å²) in [5.41, 5.74) is 7.71. The second-order valence-electron chi connectivity index (χ2n) is 4.99. The summed E-state index contributed by atoms with van der Waals surface area (Å²) in [5, 5.41) is 0. The Labute approximate surface area is 114 Å². The average Bonchev–Trinajstić information content (AvgIpc) is 2.75. The minimum atomic E-state index is -3.46. The number of nitrogen functional groups attached to an aromatic ring is 1. The first kappa shape index (κ1) is 14.3. The van der Waals surface area contributed by atoms with Crippen LogP contribution in [0.15, 0.2) is 17.0 Å². The predicted octanol–water partition coefficient (Wildman–Crippen LogP) is 1.30. The molecule has 1 fully saturated rings. The van der Waals surface area contributed by atoms with E-state index < -0.39 is 10.0 Å². The number of nitrogens with two attached hydrogens (primary N) is 1. The Balaban J connectivity index is 2.41. The normalized spacial score (nSPS) is 20.9. The summed E-state index contributed by atoms with van der Waals surface area (Å²) >= 11 is 0. The van der Waals surface area contributed by atoms with Gasteiger partial charge in [-0.1, -0.05) is 0 Å². The van der Waals surface area contributed by atoms with E-state index in [0.29, 0.717) is 34.8 Å². The zero-order valence-electron chi connectivity index (χ0n) is 11.5. The molecule has 1 heterocycles. The highest BCUT2D eigenvalue weighted by Crippen LogP contribution is 2.28. The van der Waals surface area contributed by atoms with Crippen LogP contribution in [0.5, 0.6) is 0 Å². The van der Waals surface area contributed by atoms with E-state index in [2.05, 4.69) is 0 Å². The van der Waals surface area contributed by atoms with Crippen LogP contribution in [0, 0.1) is 13.8 Å². The maximum Gasteiger partial charge on any atom is 0.243 e. The molecule has 2 N–H and O–H groups in total. The molecule has 5 nitrogen and oxygen atoms in total. The Hall–Kier alpha value is -1.11. The highest BCUT2D eigenvalue weighted by Gasteiger charge is 2.34. The SMILES string of the molecule is COC1CCN(S(=O)(=O)c2c(C)cc(N)cc2C)C1. The second-order valence-corrected chi connectivity index (χ2v) is 6.87. The van der Waals surface area contributed by atoms with Gasteiger partial charge in [-0.15, -0.1) is 0 Å². The molecule has 106 valence electrons. The number of sulfonamides is 1. The third-order valence-corrected chi connectivity index (χ3v) is 5.69. The van der Waals surface area contributed by atoms with Gasteiger partial charge in [0.1, 0.15) is 0 Å². The van der Waals surface area contributed by atoms with Crippen LogP contribution in [0.25, 0.3) is 0 Å². The van der Waals surface area contributed by atoms with Gasteiger partial charge in [-0.05, 0) is 43.5 Å². The molecular formula is C13H20N2O3S. The van der Waals surface area contributed by atoms with Crippen molar-refractivity contribution in [2.45, 2.75) is 31.3 Å². The lowest BCUT2D eigenvalue weighted by molar-refractivity contribution is 0.115. The number of methoxy groups -OCH3 is 1. The summed E-state index contributed by atoms with van der Waals surface area (Å²) < 4.78 is 32.1. The van der Waals surface area contributed by atoms with Gasteiger partial charge in [0.15, 0.2) is 0 Å². The molecule has 1 unspecified atom stereocenters. The van der Waals surface area contributed by atoms with E-state index in [4.69, 9.17) is 10.5 Å². The third-order valence-electron chi connectivity index (χ3n) is 3.52. The summed E-state index contributed by atoms with van der Waals surface area (Å²) in [4.78, 5) is 0.374. The van der Waals surface area contributed by atoms with Crippen LogP contribution in [0.1, 0.15) is 17.5 Å². The molecule has 0 saturated carbocycles. The van der Waals surface area contributed by atoms with Crippen LogP contribution in [-0.2, 0) is 14.8 Å². The average molecular weight is 284 g/mol. The molecule has 2 rings (SSSR count). The smallest absolute Gasteiger partial charge is 0.243 e. The summed E-state index contributed by atoms with van der Waals surface area (Å²) in [6.07, 6.45) is 0.729. The quantitative estimate of drug-likeness (QED) is 0.849. The number of anilines is 1. The van der Waals surface area contributed by atoms with Crippen molar-refractivity contribution in [1.29, 1.82) is 0 Å². The van der Waals surface area contributed by atoms with Crippen LogP contribution < -0.4 is 5.73 Å². The number of nitrogens with zero attached hydrogens (tertiary/aromatic N) is 1. The van der Waals surface area contributed by atoms with Gasteiger partial charge in [0.2, 0.25) is 10.0 Å². The fourth-order valence-electron chi connectivity index (χ4n) is 2.63. The maximum atomic E-state index is 12.7. The molecule has 6 heteroatoms. The Morgan fingerprint density at radius 3 is 2.37 bits per heavy atom. The zero-order chi connectivity index (χ0) is 14.2. The van der Waals surface area contributed by atoms with E-state index in [-0.39, 0.29) is 6.10 Å². The second kappa shape index (κ2) is 5.11. The topological polar surface area (TPSA) is 72.6 Å². The van der Waals surface area contributed by atoms with Crippen molar-refractivity contribution in [1.82, 2.24) is 4.31 Å². The van der Waals surface area contributed by atoms with Gasteiger partial charge >= 0.3 is 0 Å². The number of ether oxygens (including phenoxy) is 1. The zero-order valence-corrected chi connectivity index (χ0v) is 12.3. The first-order valence-electron chi connectivity index (χ1n) is 6.26. The Kier molecular flexibility index (Phi) is 3.85. The molecule has 1 saturated heterocycles. The van der Waals surface area contributed by atoms with Crippen LogP contribution in [0.2, 0.25) is 0 Å². The first-order valence-corrected chi connectivity index (χ1v) is 7.70. The fourth-order valence-corrected chi connectivity index (χ4v) is 4.53. The number of aryl methyl sites for hydroxylation is 2. The molecule has 0 amide bonds. The molecule has 1 atom stereocenters. The predicted molar refractivity (Wildman–Crippen MR) is 74.5 cm³/mol. The van der Waals surface area contributed by atoms with Crippen LogP contribution in [-0.4, -0.2) is 39.0 Å². The van der Waals surface area contributed by atoms with Gasteiger partial charge in [-0.2, -0.15) is 4.31 Å². The van der Waals surface area contributed by atoms with Crippen molar-refractivity contribution >= 4 is 15.7 Å². The van der Waals surface area contributed by atoms with E-state index in [9.17, 15) is 8.42 Å². The van der Waals surface area contributed by atoms with E-state index in [1.807, 2.05) is 0 Å². The lowest BCUT2D eigenvalue weighted by atomic mass is 10.1. The molecule has 1 aromatic rings. The molecule has 0 radical (unpaired) electrons. The lowest BCUT2D eigenvalue weighted by Crippen LogP contribution is -2.31. The maximum absolute atomic E-state index is 12.7. The number of benzene rings is 1. The van der Waals surface area contributed by atoms with Gasteiger partial charge in [0.25, 0.3) is 0 Å².